The molecule has 0 amide bonds. The average Bonchev–Trinajstić information content (AvgIpc) is 2.52. The lowest BCUT2D eigenvalue weighted by molar-refractivity contribution is 0.103. The highest BCUT2D eigenvalue weighted by molar-refractivity contribution is 6.72. The van der Waals surface area contributed by atoms with E-state index in [0.29, 0.717) is 5.56 Å². The number of carbonyl (C=O) groups excluding carboxylic acids is 1. The van der Waals surface area contributed by atoms with Crippen LogP contribution in [0.2, 0.25) is 32.7 Å². The number of methoxy groups -OCH3 is 1. The second-order valence-corrected chi connectivity index (χ2v) is 13.9. The molecule has 0 heterocycles. The van der Waals surface area contributed by atoms with Crippen molar-refractivity contribution in [3.63, 3.8) is 0 Å². The van der Waals surface area contributed by atoms with Gasteiger partial charge in [-0.25, -0.2) is 0 Å². The summed E-state index contributed by atoms with van der Waals surface area (Å²) in [6.45, 7) is 10.8. The molecule has 0 aliphatic rings. The minimum atomic E-state index is -1.64. The number of hydrogen-bond donors (Lipinski definition) is 0. The summed E-state index contributed by atoms with van der Waals surface area (Å²) in [6.07, 6.45) is 0. The second kappa shape index (κ2) is 7.36. The van der Waals surface area contributed by atoms with Crippen LogP contribution in [0.15, 0.2) is 42.5 Å². The quantitative estimate of drug-likeness (QED) is 0.577. The van der Waals surface area contributed by atoms with E-state index in [1.807, 2.05) is 42.5 Å². The van der Waals surface area contributed by atoms with E-state index in [1.54, 1.807) is 7.11 Å². The summed E-state index contributed by atoms with van der Waals surface area (Å²) in [5, 5.41) is 1.10. The number of benzene rings is 2. The van der Waals surface area contributed by atoms with Gasteiger partial charge in [0.2, 0.25) is 8.32 Å². The molecule has 0 fully saturated rings. The molecule has 0 spiro atoms. The zero-order chi connectivity index (χ0) is 17.9. The molecule has 1 radical (unpaired) electrons. The van der Waals surface area contributed by atoms with E-state index in [4.69, 9.17) is 9.16 Å². The first-order chi connectivity index (χ1) is 11.2. The predicted octanol–water partition coefficient (Wildman–Crippen LogP) is 4.10. The van der Waals surface area contributed by atoms with Crippen LogP contribution < -0.4 is 14.3 Å². The molecule has 127 valence electrons. The number of hydrogen-bond acceptors (Lipinski definition) is 3. The Morgan fingerprint density at radius 3 is 2.04 bits per heavy atom. The van der Waals surface area contributed by atoms with Gasteiger partial charge < -0.3 is 9.16 Å². The first-order valence-electron chi connectivity index (χ1n) is 8.03. The Bertz CT molecular complexity index is 716. The molecular weight excluding hydrogens is 332 g/mol. The summed E-state index contributed by atoms with van der Waals surface area (Å²) < 4.78 is 11.3. The monoisotopic (exact) mass is 357 g/mol. The van der Waals surface area contributed by atoms with E-state index in [0.717, 1.165) is 22.2 Å². The van der Waals surface area contributed by atoms with Crippen LogP contribution in [0.5, 0.6) is 11.5 Å². The highest BCUT2D eigenvalue weighted by Gasteiger charge is 2.19. The van der Waals surface area contributed by atoms with Crippen molar-refractivity contribution in [2.75, 3.05) is 7.11 Å². The van der Waals surface area contributed by atoms with Crippen molar-refractivity contribution >= 4 is 28.1 Å². The normalized spacial score (nSPS) is 11.5. The minimum Gasteiger partial charge on any atom is -0.544 e. The van der Waals surface area contributed by atoms with Crippen LogP contribution in [0.25, 0.3) is 0 Å². The number of ketones is 1. The van der Waals surface area contributed by atoms with Gasteiger partial charge in [0.15, 0.2) is 5.78 Å². The van der Waals surface area contributed by atoms with Crippen LogP contribution in [0.4, 0.5) is 0 Å². The summed E-state index contributed by atoms with van der Waals surface area (Å²) in [7, 11) is -0.764. The van der Waals surface area contributed by atoms with Crippen molar-refractivity contribution in [1.29, 1.82) is 0 Å². The Hall–Kier alpha value is -1.86. The summed E-state index contributed by atoms with van der Waals surface area (Å²) in [5.41, 5.74) is 1.46. The highest BCUT2D eigenvalue weighted by atomic mass is 28.4. The fourth-order valence-corrected chi connectivity index (χ4v) is 4.46. The molecule has 0 aliphatic carbocycles. The topological polar surface area (TPSA) is 35.5 Å². The molecule has 2 aromatic carbocycles. The standard InChI is InChI=1S/C19H25O3Si2/c1-21-16-11-12-17(18(13-16)23(2)3)19(20)14-7-9-15(10-8-14)22-24(4,5)6/h7-13H,1-6H3. The Kier molecular flexibility index (Phi) is 5.67. The Morgan fingerprint density at radius 2 is 1.54 bits per heavy atom. The van der Waals surface area contributed by atoms with Gasteiger partial charge in [0, 0.05) is 11.1 Å². The van der Waals surface area contributed by atoms with Crippen LogP contribution in [0, 0.1) is 0 Å². The van der Waals surface area contributed by atoms with Gasteiger partial charge in [-0.1, -0.05) is 13.1 Å². The first-order valence-corrected chi connectivity index (χ1v) is 13.9. The van der Waals surface area contributed by atoms with Gasteiger partial charge in [-0.3, -0.25) is 4.79 Å². The second-order valence-electron chi connectivity index (χ2n) is 6.98. The Labute approximate surface area is 147 Å². The molecule has 0 unspecified atom stereocenters. The zero-order valence-electron chi connectivity index (χ0n) is 15.3. The molecule has 3 nitrogen and oxygen atoms in total. The lowest BCUT2D eigenvalue weighted by Gasteiger charge is -2.19. The van der Waals surface area contributed by atoms with Gasteiger partial charge >= 0.3 is 0 Å². The van der Waals surface area contributed by atoms with Gasteiger partial charge in [0.05, 0.1) is 15.9 Å². The van der Waals surface area contributed by atoms with Crippen molar-refractivity contribution < 1.29 is 14.0 Å². The predicted molar refractivity (Wildman–Crippen MR) is 104 cm³/mol. The average molecular weight is 358 g/mol. The lowest BCUT2D eigenvalue weighted by Crippen LogP contribution is -2.30. The summed E-state index contributed by atoms with van der Waals surface area (Å²) in [4.78, 5) is 12.9. The van der Waals surface area contributed by atoms with E-state index in [2.05, 4.69) is 32.7 Å². The molecular formula is C19H25O3Si2. The number of rotatable bonds is 6. The third-order valence-corrected chi connectivity index (χ3v) is 5.89. The van der Waals surface area contributed by atoms with E-state index >= 15 is 0 Å². The van der Waals surface area contributed by atoms with Gasteiger partial charge in [0.1, 0.15) is 11.5 Å². The molecule has 24 heavy (non-hydrogen) atoms. The fourth-order valence-electron chi connectivity index (χ4n) is 2.45. The number of ether oxygens (including phenoxy) is 1. The summed E-state index contributed by atoms with van der Waals surface area (Å²) in [6, 6.07) is 13.2. The van der Waals surface area contributed by atoms with Crippen LogP contribution >= 0.6 is 0 Å². The smallest absolute Gasteiger partial charge is 0.242 e. The van der Waals surface area contributed by atoms with Crippen LogP contribution in [-0.2, 0) is 0 Å². The maximum absolute atomic E-state index is 12.9. The minimum absolute atomic E-state index is 0.0541. The van der Waals surface area contributed by atoms with Gasteiger partial charge in [-0.15, -0.1) is 0 Å². The van der Waals surface area contributed by atoms with Crippen molar-refractivity contribution in [2.45, 2.75) is 32.7 Å². The third kappa shape index (κ3) is 4.58. The molecule has 0 saturated heterocycles. The molecule has 0 aromatic heterocycles. The van der Waals surface area contributed by atoms with Gasteiger partial charge in [-0.05, 0) is 67.3 Å². The SMILES string of the molecule is COc1ccc(C(=O)c2ccc(O[Si](C)(C)C)cc2)c([Si](C)C)c1. The van der Waals surface area contributed by atoms with Crippen molar-refractivity contribution in [3.8, 4) is 11.5 Å². The molecule has 2 rings (SSSR count). The molecule has 0 atom stereocenters. The zero-order valence-corrected chi connectivity index (χ0v) is 17.3. The highest BCUT2D eigenvalue weighted by Crippen LogP contribution is 2.19. The maximum atomic E-state index is 12.9. The molecule has 2 aromatic rings. The summed E-state index contributed by atoms with van der Waals surface area (Å²) in [5.74, 6) is 1.68. The molecule has 0 aliphatic heterocycles. The summed E-state index contributed by atoms with van der Waals surface area (Å²) >= 11 is 0. The van der Waals surface area contributed by atoms with Crippen molar-refractivity contribution in [3.05, 3.63) is 53.6 Å². The van der Waals surface area contributed by atoms with Crippen molar-refractivity contribution in [1.82, 2.24) is 0 Å². The van der Waals surface area contributed by atoms with Crippen molar-refractivity contribution in [2.24, 2.45) is 0 Å². The van der Waals surface area contributed by atoms with Gasteiger partial charge in [0.25, 0.3) is 0 Å². The fraction of sp³-hybridized carbons (Fsp3) is 0.316. The van der Waals surface area contributed by atoms with Crippen LogP contribution in [-0.4, -0.2) is 30.0 Å². The molecule has 0 N–H and O–H groups in total. The van der Waals surface area contributed by atoms with Crippen LogP contribution in [0.1, 0.15) is 15.9 Å². The molecule has 5 heteroatoms. The van der Waals surface area contributed by atoms with E-state index in [1.165, 1.54) is 0 Å². The largest absolute Gasteiger partial charge is 0.544 e. The van der Waals surface area contributed by atoms with E-state index < -0.39 is 17.1 Å². The molecule has 0 bridgehead atoms. The van der Waals surface area contributed by atoms with E-state index in [9.17, 15) is 4.79 Å². The third-order valence-electron chi connectivity index (χ3n) is 3.55. The first kappa shape index (κ1) is 18.5. The van der Waals surface area contributed by atoms with Gasteiger partial charge in [-0.2, -0.15) is 0 Å². The van der Waals surface area contributed by atoms with Crippen LogP contribution in [0.3, 0.4) is 0 Å². The Balaban J connectivity index is 2.32. The number of carbonyl (C=O) groups is 1. The molecule has 0 saturated carbocycles. The lowest BCUT2D eigenvalue weighted by atomic mass is 10.0. The van der Waals surface area contributed by atoms with E-state index in [-0.39, 0.29) is 5.78 Å². The Morgan fingerprint density at radius 1 is 0.958 bits per heavy atom. The maximum Gasteiger partial charge on any atom is 0.242 e.